The van der Waals surface area contributed by atoms with Gasteiger partial charge < -0.3 is 20.8 Å². The number of methoxy groups -OCH3 is 1. The molecule has 4 N–H and O–H groups in total. The van der Waals surface area contributed by atoms with Crippen LogP contribution in [0.3, 0.4) is 0 Å². The van der Waals surface area contributed by atoms with Gasteiger partial charge in [-0.25, -0.2) is 18.7 Å². The second-order valence-electron chi connectivity index (χ2n) is 5.40. The third-order valence-corrected chi connectivity index (χ3v) is 5.34. The molecular formula is C18H17KN4O5S. The van der Waals surface area contributed by atoms with Crippen LogP contribution in [0, 0.1) is 0 Å². The van der Waals surface area contributed by atoms with E-state index in [1.165, 1.54) is 13.4 Å². The number of ether oxygens (including phenoxy) is 1. The standard InChI is InChI=1S/C18H14N4O3S.K.2H2O/c1-25-15-9-12(14-10-21-22-17(14)19-11-20-18(22)23)7-8-16(15)26(24)13-5-3-2-4-6-13;;;/h2-11H,1H3,(H,19,20,23);;2*1H2/q;+1;;/p-1. The van der Waals surface area contributed by atoms with Gasteiger partial charge in [0.25, 0.3) is 0 Å². The zero-order valence-electron chi connectivity index (χ0n) is 15.7. The molecule has 0 aliphatic rings. The first-order valence-electron chi connectivity index (χ1n) is 7.70. The van der Waals surface area contributed by atoms with Gasteiger partial charge in [-0.05, 0) is 29.8 Å². The summed E-state index contributed by atoms with van der Waals surface area (Å²) in [7, 11) is 0.161. The van der Waals surface area contributed by atoms with Gasteiger partial charge >= 0.3 is 51.4 Å². The van der Waals surface area contributed by atoms with Crippen LogP contribution in [-0.4, -0.2) is 41.9 Å². The van der Waals surface area contributed by atoms with Crippen LogP contribution in [0.25, 0.3) is 16.8 Å². The Morgan fingerprint density at radius 3 is 2.48 bits per heavy atom. The smallest absolute Gasteiger partial charge is 0.844 e. The summed E-state index contributed by atoms with van der Waals surface area (Å²) in [6.45, 7) is 0. The molecule has 29 heavy (non-hydrogen) atoms. The molecular weight excluding hydrogens is 423 g/mol. The predicted octanol–water partition coefficient (Wildman–Crippen LogP) is -2.61. The van der Waals surface area contributed by atoms with E-state index in [2.05, 4.69) is 15.1 Å². The van der Waals surface area contributed by atoms with Gasteiger partial charge in [-0.2, -0.15) is 5.10 Å². The Bertz CT molecular complexity index is 1120. The first-order chi connectivity index (χ1) is 12.7. The summed E-state index contributed by atoms with van der Waals surface area (Å²) < 4.78 is 19.4. The van der Waals surface area contributed by atoms with E-state index < -0.39 is 16.8 Å². The van der Waals surface area contributed by atoms with Gasteiger partial charge in [-0.1, -0.05) is 24.3 Å². The quantitative estimate of drug-likeness (QED) is 0.317. The first-order valence-corrected chi connectivity index (χ1v) is 8.85. The van der Waals surface area contributed by atoms with E-state index >= 15 is 0 Å². The van der Waals surface area contributed by atoms with Crippen LogP contribution in [0.2, 0.25) is 0 Å². The average molecular weight is 441 g/mol. The molecule has 4 aromatic rings. The number of benzene rings is 2. The molecule has 2 aromatic carbocycles. The van der Waals surface area contributed by atoms with E-state index in [9.17, 15) is 9.32 Å². The topological polar surface area (TPSA) is 155 Å². The second kappa shape index (κ2) is 10.9. The molecule has 11 heteroatoms. The maximum absolute atomic E-state index is 12.8. The normalized spacial score (nSPS) is 10.9. The monoisotopic (exact) mass is 440 g/mol. The van der Waals surface area contributed by atoms with Crippen molar-refractivity contribution in [1.29, 1.82) is 0 Å². The molecule has 2 heterocycles. The first kappa shape index (κ1) is 25.3. The van der Waals surface area contributed by atoms with E-state index in [0.29, 0.717) is 26.8 Å². The van der Waals surface area contributed by atoms with E-state index in [0.717, 1.165) is 10.1 Å². The molecule has 0 saturated carbocycles. The Kier molecular flexibility index (Phi) is 9.52. The van der Waals surface area contributed by atoms with Crippen LogP contribution in [0.15, 0.2) is 70.8 Å². The number of hydrogen-bond donors (Lipinski definition) is 0. The van der Waals surface area contributed by atoms with Crippen molar-refractivity contribution in [2.75, 3.05) is 7.11 Å². The van der Waals surface area contributed by atoms with Crippen molar-refractivity contribution in [2.45, 2.75) is 9.79 Å². The molecule has 1 unspecified atom stereocenters. The van der Waals surface area contributed by atoms with E-state index in [1.54, 1.807) is 30.5 Å². The van der Waals surface area contributed by atoms with Crippen molar-refractivity contribution in [3.05, 3.63) is 61.1 Å². The molecule has 0 saturated heterocycles. The maximum atomic E-state index is 12.8. The minimum atomic E-state index is -1.37. The Morgan fingerprint density at radius 2 is 1.79 bits per heavy atom. The fourth-order valence-electron chi connectivity index (χ4n) is 2.66. The summed E-state index contributed by atoms with van der Waals surface area (Å²) >= 11 is 0. The minimum Gasteiger partial charge on any atom is -0.844 e. The molecule has 0 radical (unpaired) electrons. The van der Waals surface area contributed by atoms with Crippen molar-refractivity contribution in [2.24, 2.45) is 0 Å². The number of aromatic nitrogens is 4. The third-order valence-electron chi connectivity index (χ3n) is 3.90. The fraction of sp³-hybridized carbons (Fsp3) is 0.0556. The van der Waals surface area contributed by atoms with Gasteiger partial charge in [0, 0.05) is 10.5 Å². The van der Waals surface area contributed by atoms with Gasteiger partial charge in [0.1, 0.15) is 12.1 Å². The maximum Gasteiger partial charge on any atom is 1.00 e. The summed E-state index contributed by atoms with van der Waals surface area (Å²) in [5, 5.41) is 15.8. The number of hydrogen-bond acceptors (Lipinski definition) is 6. The van der Waals surface area contributed by atoms with Gasteiger partial charge in [0.15, 0.2) is 5.65 Å². The molecule has 0 aliphatic carbocycles. The Balaban J connectivity index is 0.00000140. The second-order valence-corrected chi connectivity index (χ2v) is 6.85. The minimum absolute atomic E-state index is 0. The van der Waals surface area contributed by atoms with Gasteiger partial charge in [0.2, 0.25) is 0 Å². The number of rotatable bonds is 4. The van der Waals surface area contributed by atoms with Crippen molar-refractivity contribution in [1.82, 2.24) is 19.6 Å². The molecule has 0 fully saturated rings. The largest absolute Gasteiger partial charge is 1.00 e. The fourth-order valence-corrected chi connectivity index (χ4v) is 3.83. The summed E-state index contributed by atoms with van der Waals surface area (Å²) in [6.07, 6.45) is 2.76. The molecule has 146 valence electrons. The summed E-state index contributed by atoms with van der Waals surface area (Å²) in [5.74, 6) is 0.487. The number of nitrogens with zero attached hydrogens (tertiary/aromatic N) is 4. The van der Waals surface area contributed by atoms with Crippen molar-refractivity contribution in [3.8, 4) is 22.9 Å². The summed E-state index contributed by atoms with van der Waals surface area (Å²) in [4.78, 5) is 8.98. The summed E-state index contributed by atoms with van der Waals surface area (Å²) in [6, 6.07) is 14.0. The third kappa shape index (κ3) is 4.90. The van der Waals surface area contributed by atoms with Gasteiger partial charge in [-0.3, -0.25) is 0 Å². The van der Waals surface area contributed by atoms with Crippen LogP contribution >= 0.6 is 0 Å². The van der Waals surface area contributed by atoms with E-state index in [4.69, 9.17) is 4.74 Å². The molecule has 2 aromatic heterocycles. The summed E-state index contributed by atoms with van der Waals surface area (Å²) in [5.41, 5.74) is 1.83. The van der Waals surface area contributed by atoms with Crippen LogP contribution in [0.5, 0.6) is 11.8 Å². The van der Waals surface area contributed by atoms with Gasteiger partial charge in [-0.15, -0.1) is 0 Å². The zero-order valence-corrected chi connectivity index (χ0v) is 19.6. The van der Waals surface area contributed by atoms with Crippen molar-refractivity contribution < 1.29 is 76.4 Å². The molecule has 0 spiro atoms. The zero-order chi connectivity index (χ0) is 18.1. The van der Waals surface area contributed by atoms with Crippen molar-refractivity contribution in [3.63, 3.8) is 0 Å². The Morgan fingerprint density at radius 1 is 1.07 bits per heavy atom. The van der Waals surface area contributed by atoms with Crippen LogP contribution in [0.4, 0.5) is 0 Å². The predicted molar refractivity (Wildman–Crippen MR) is 101 cm³/mol. The van der Waals surface area contributed by atoms with Crippen LogP contribution in [-0.2, 0) is 10.8 Å². The van der Waals surface area contributed by atoms with Crippen molar-refractivity contribution >= 4 is 16.4 Å². The van der Waals surface area contributed by atoms with E-state index in [1.807, 2.05) is 24.3 Å². The van der Waals surface area contributed by atoms with Gasteiger partial charge in [0.05, 0.1) is 35.0 Å². The van der Waals surface area contributed by atoms with Crippen LogP contribution in [0.1, 0.15) is 0 Å². The number of fused-ring (bicyclic) bond motifs is 1. The molecule has 0 aliphatic heterocycles. The molecule has 0 amide bonds. The SMILES string of the molecule is COc1cc(-c2cnn3c([O-])ncnc23)ccc1S(=O)c1ccccc1.O.O.[K+]. The average Bonchev–Trinajstić information content (AvgIpc) is 3.13. The van der Waals surface area contributed by atoms with Crippen LogP contribution < -0.4 is 61.2 Å². The molecule has 0 bridgehead atoms. The van der Waals surface area contributed by atoms with E-state index in [-0.39, 0.29) is 62.3 Å². The molecule has 4 rings (SSSR count). The molecule has 9 nitrogen and oxygen atoms in total. The molecule has 1 atom stereocenters. The Labute approximate surface area is 211 Å². The Hall–Kier alpha value is -1.70.